The van der Waals surface area contributed by atoms with Gasteiger partial charge in [0.2, 0.25) is 10.0 Å². The van der Waals surface area contributed by atoms with Gasteiger partial charge in [0.15, 0.2) is 0 Å². The van der Waals surface area contributed by atoms with E-state index in [0.29, 0.717) is 13.2 Å². The third-order valence-electron chi connectivity index (χ3n) is 4.83. The lowest BCUT2D eigenvalue weighted by atomic mass is 9.87. The first-order valence-corrected chi connectivity index (χ1v) is 9.98. The fraction of sp³-hybridized carbons (Fsp3) is 0.588. The topological polar surface area (TPSA) is 75.7 Å². The molecule has 7 heteroatoms. The van der Waals surface area contributed by atoms with Crippen LogP contribution in [0.3, 0.4) is 0 Å². The van der Waals surface area contributed by atoms with Crippen molar-refractivity contribution in [3.63, 3.8) is 0 Å². The second-order valence-corrected chi connectivity index (χ2v) is 8.30. The van der Waals surface area contributed by atoms with Crippen LogP contribution in [-0.4, -0.2) is 38.7 Å². The Balaban J connectivity index is 1.84. The number of cyclic esters (lactones) is 1. The predicted molar refractivity (Wildman–Crippen MR) is 89.9 cm³/mol. The van der Waals surface area contributed by atoms with Gasteiger partial charge in [0.1, 0.15) is 12.8 Å². The summed E-state index contributed by atoms with van der Waals surface area (Å²) in [6.45, 7) is 2.65. The quantitative estimate of drug-likeness (QED) is 0.884. The van der Waals surface area contributed by atoms with E-state index in [-0.39, 0.29) is 10.8 Å². The Morgan fingerprint density at radius 1 is 1.17 bits per heavy atom. The number of hydrogen-bond acceptors (Lipinski definition) is 4. The van der Waals surface area contributed by atoms with Crippen molar-refractivity contribution >= 4 is 16.1 Å². The number of ether oxygens (including phenoxy) is 1. The van der Waals surface area contributed by atoms with Gasteiger partial charge in [-0.15, -0.1) is 0 Å². The minimum Gasteiger partial charge on any atom is -0.447 e. The number of nitrogens with one attached hydrogen (secondary N) is 1. The molecule has 0 radical (unpaired) electrons. The van der Waals surface area contributed by atoms with Gasteiger partial charge in [-0.05, 0) is 37.8 Å². The van der Waals surface area contributed by atoms with Crippen LogP contribution in [0.25, 0.3) is 0 Å². The molecule has 1 saturated carbocycles. The highest BCUT2D eigenvalue weighted by atomic mass is 32.2. The Labute approximate surface area is 143 Å². The number of amides is 1. The number of hydrogen-bond donors (Lipinski definition) is 1. The number of sulfonamides is 1. The van der Waals surface area contributed by atoms with E-state index >= 15 is 0 Å². The van der Waals surface area contributed by atoms with Gasteiger partial charge in [0.25, 0.3) is 0 Å². The Bertz CT molecular complexity index is 681. The van der Waals surface area contributed by atoms with E-state index in [0.717, 1.165) is 31.2 Å². The number of rotatable bonds is 5. The van der Waals surface area contributed by atoms with Crippen molar-refractivity contribution in [1.82, 2.24) is 9.62 Å². The van der Waals surface area contributed by atoms with E-state index in [1.165, 1.54) is 11.3 Å². The molecule has 1 aromatic rings. The summed E-state index contributed by atoms with van der Waals surface area (Å²) in [5.74, 6) is 0.129. The highest BCUT2D eigenvalue weighted by molar-refractivity contribution is 7.89. The molecule has 24 heavy (non-hydrogen) atoms. The fourth-order valence-electron chi connectivity index (χ4n) is 3.47. The molecule has 1 aromatic carbocycles. The van der Waals surface area contributed by atoms with Crippen molar-refractivity contribution in [3.8, 4) is 0 Å². The van der Waals surface area contributed by atoms with Crippen LogP contribution in [0.4, 0.5) is 4.79 Å². The molecule has 0 aromatic heterocycles. The second kappa shape index (κ2) is 7.11. The Hall–Kier alpha value is -1.60. The molecule has 6 nitrogen and oxygen atoms in total. The van der Waals surface area contributed by atoms with Crippen LogP contribution in [-0.2, 0) is 14.8 Å². The minimum atomic E-state index is -3.69. The average molecular weight is 352 g/mol. The molecular weight excluding hydrogens is 328 g/mol. The molecule has 1 atom stereocenters. The summed E-state index contributed by atoms with van der Waals surface area (Å²) in [4.78, 5) is 13.7. The predicted octanol–water partition coefficient (Wildman–Crippen LogP) is 2.63. The molecular formula is C17H24N2O4S. The Kier molecular flexibility index (Phi) is 5.10. The van der Waals surface area contributed by atoms with Gasteiger partial charge in [0, 0.05) is 0 Å². The number of aryl methyl sites for hydroxylation is 1. The van der Waals surface area contributed by atoms with Crippen molar-refractivity contribution < 1.29 is 17.9 Å². The van der Waals surface area contributed by atoms with Crippen LogP contribution >= 0.6 is 0 Å². The van der Waals surface area contributed by atoms with Crippen LogP contribution in [0.2, 0.25) is 0 Å². The first kappa shape index (κ1) is 17.2. The first-order valence-electron chi connectivity index (χ1n) is 8.50. The van der Waals surface area contributed by atoms with E-state index in [2.05, 4.69) is 4.72 Å². The van der Waals surface area contributed by atoms with Gasteiger partial charge in [0.05, 0.1) is 11.4 Å². The zero-order valence-electron chi connectivity index (χ0n) is 13.9. The summed E-state index contributed by atoms with van der Waals surface area (Å²) in [6.07, 6.45) is 4.17. The van der Waals surface area contributed by atoms with Gasteiger partial charge in [-0.1, -0.05) is 37.0 Å². The number of carbonyl (C=O) groups excluding carboxylic acids is 1. The largest absolute Gasteiger partial charge is 0.447 e. The van der Waals surface area contributed by atoms with Crippen LogP contribution in [0.5, 0.6) is 0 Å². The van der Waals surface area contributed by atoms with Gasteiger partial charge >= 0.3 is 6.09 Å². The van der Waals surface area contributed by atoms with Gasteiger partial charge < -0.3 is 4.74 Å². The lowest BCUT2D eigenvalue weighted by Crippen LogP contribution is -2.53. The summed E-state index contributed by atoms with van der Waals surface area (Å²) >= 11 is 0. The number of benzene rings is 1. The molecule has 1 heterocycles. The van der Waals surface area contributed by atoms with E-state index < -0.39 is 22.3 Å². The molecule has 1 unspecified atom stereocenters. The normalized spacial score (nSPS) is 20.9. The molecule has 3 rings (SSSR count). The molecule has 2 aliphatic rings. The average Bonchev–Trinajstić information content (AvgIpc) is 3.00. The molecule has 0 spiro atoms. The first-order chi connectivity index (χ1) is 11.5. The zero-order chi connectivity index (χ0) is 17.2. The molecule has 1 aliphatic carbocycles. The highest BCUT2D eigenvalue weighted by Gasteiger charge is 2.38. The van der Waals surface area contributed by atoms with E-state index in [1.807, 2.05) is 6.92 Å². The minimum absolute atomic E-state index is 0.129. The zero-order valence-corrected chi connectivity index (χ0v) is 14.7. The summed E-state index contributed by atoms with van der Waals surface area (Å²) in [5.41, 5.74) is 1.00. The van der Waals surface area contributed by atoms with Crippen LogP contribution < -0.4 is 4.72 Å². The SMILES string of the molecule is Cc1ccc(S(=O)(=O)NC(C2CCCCC2)N2CCOC2=O)cc1. The fourth-order valence-corrected chi connectivity index (χ4v) is 4.73. The Morgan fingerprint density at radius 3 is 2.42 bits per heavy atom. The Morgan fingerprint density at radius 2 is 1.83 bits per heavy atom. The molecule has 2 fully saturated rings. The lowest BCUT2D eigenvalue weighted by molar-refractivity contribution is 0.119. The van der Waals surface area contributed by atoms with E-state index in [9.17, 15) is 13.2 Å². The van der Waals surface area contributed by atoms with Crippen molar-refractivity contribution in [2.24, 2.45) is 5.92 Å². The molecule has 1 aliphatic heterocycles. The van der Waals surface area contributed by atoms with Gasteiger partial charge in [-0.3, -0.25) is 4.90 Å². The van der Waals surface area contributed by atoms with Gasteiger partial charge in [-0.25, -0.2) is 13.2 Å². The van der Waals surface area contributed by atoms with Crippen molar-refractivity contribution in [1.29, 1.82) is 0 Å². The number of carbonyl (C=O) groups is 1. The summed E-state index contributed by atoms with van der Waals surface area (Å²) in [7, 11) is -3.69. The number of nitrogens with zero attached hydrogens (tertiary/aromatic N) is 1. The van der Waals surface area contributed by atoms with Crippen molar-refractivity contribution in [2.75, 3.05) is 13.2 Å². The van der Waals surface area contributed by atoms with E-state index in [1.54, 1.807) is 24.3 Å². The van der Waals surface area contributed by atoms with Crippen molar-refractivity contribution in [2.45, 2.75) is 50.1 Å². The smallest absolute Gasteiger partial charge is 0.411 e. The standard InChI is InChI=1S/C17H24N2O4S/c1-13-7-9-15(10-8-13)24(21,22)18-16(14-5-3-2-4-6-14)19-11-12-23-17(19)20/h7-10,14,16,18H,2-6,11-12H2,1H3. The molecule has 0 bridgehead atoms. The lowest BCUT2D eigenvalue weighted by Gasteiger charge is -2.35. The maximum absolute atomic E-state index is 12.8. The monoisotopic (exact) mass is 352 g/mol. The molecule has 1 saturated heterocycles. The summed E-state index contributed by atoms with van der Waals surface area (Å²) < 4.78 is 33.3. The van der Waals surface area contributed by atoms with Crippen LogP contribution in [0, 0.1) is 12.8 Å². The van der Waals surface area contributed by atoms with Crippen molar-refractivity contribution in [3.05, 3.63) is 29.8 Å². The molecule has 1 N–H and O–H groups in total. The van der Waals surface area contributed by atoms with E-state index in [4.69, 9.17) is 4.74 Å². The van der Waals surface area contributed by atoms with Gasteiger partial charge in [-0.2, -0.15) is 4.72 Å². The van der Waals surface area contributed by atoms with Crippen LogP contribution in [0.15, 0.2) is 29.2 Å². The summed E-state index contributed by atoms with van der Waals surface area (Å²) in [6, 6.07) is 6.73. The highest BCUT2D eigenvalue weighted by Crippen LogP contribution is 2.30. The molecule has 132 valence electrons. The summed E-state index contributed by atoms with van der Waals surface area (Å²) in [5, 5.41) is 0. The third-order valence-corrected chi connectivity index (χ3v) is 6.28. The maximum atomic E-state index is 12.8. The second-order valence-electron chi connectivity index (χ2n) is 6.59. The maximum Gasteiger partial charge on any atom is 0.411 e. The van der Waals surface area contributed by atoms with Crippen LogP contribution in [0.1, 0.15) is 37.7 Å². The third kappa shape index (κ3) is 3.72. The molecule has 1 amide bonds.